The van der Waals surface area contributed by atoms with E-state index in [9.17, 15) is 24.3 Å². The van der Waals surface area contributed by atoms with Crippen molar-refractivity contribution in [1.82, 2.24) is 25.2 Å². The number of nitrogens with zero attached hydrogens (tertiary/aromatic N) is 3. The van der Waals surface area contributed by atoms with E-state index in [1.165, 1.54) is 0 Å². The van der Waals surface area contributed by atoms with Gasteiger partial charge in [-0.3, -0.25) is 19.2 Å². The average molecular weight is 719 g/mol. The number of esters is 1. The summed E-state index contributed by atoms with van der Waals surface area (Å²) in [7, 11) is 0. The minimum Gasteiger partial charge on any atom is -0.480 e. The van der Waals surface area contributed by atoms with Crippen LogP contribution in [0.4, 0.5) is 5.82 Å². The third-order valence-corrected chi connectivity index (χ3v) is 7.22. The van der Waals surface area contributed by atoms with Gasteiger partial charge in [-0.25, -0.2) is 9.97 Å². The SMILES string of the molecule is CC(C)(O)Cn1c(COCCCC(C)(C)OC(=O)CCNC(=O)COCCOCCOCC(=O)NCC(=O)O)nc2c(N)nc3ccccc3c21. The predicted molar refractivity (Wildman–Crippen MR) is 186 cm³/mol. The van der Waals surface area contributed by atoms with Gasteiger partial charge < -0.3 is 54.8 Å². The quantitative estimate of drug-likeness (QED) is 0.0649. The van der Waals surface area contributed by atoms with E-state index in [1.807, 2.05) is 42.7 Å². The number of carboxylic acids is 1. The number of imidazole rings is 1. The fraction of sp³-hybridized carbons (Fsp3) is 0.588. The number of ether oxygens (including phenoxy) is 5. The van der Waals surface area contributed by atoms with Gasteiger partial charge in [-0.15, -0.1) is 0 Å². The van der Waals surface area contributed by atoms with E-state index in [4.69, 9.17) is 39.5 Å². The van der Waals surface area contributed by atoms with Crippen molar-refractivity contribution in [2.75, 3.05) is 65.1 Å². The van der Waals surface area contributed by atoms with Crippen LogP contribution in [0.3, 0.4) is 0 Å². The van der Waals surface area contributed by atoms with Crippen LogP contribution in [0.25, 0.3) is 21.9 Å². The third kappa shape index (κ3) is 14.8. The first-order valence-corrected chi connectivity index (χ1v) is 16.7. The second-order valence-corrected chi connectivity index (χ2v) is 13.0. The Kier molecular flexibility index (Phi) is 15.9. The highest BCUT2D eigenvalue weighted by atomic mass is 16.6. The van der Waals surface area contributed by atoms with E-state index in [0.29, 0.717) is 36.6 Å². The van der Waals surface area contributed by atoms with Crippen molar-refractivity contribution in [3.63, 3.8) is 0 Å². The smallest absolute Gasteiger partial charge is 0.322 e. The molecule has 0 aliphatic carbocycles. The molecule has 0 radical (unpaired) electrons. The van der Waals surface area contributed by atoms with E-state index in [0.717, 1.165) is 16.4 Å². The molecule has 0 saturated carbocycles. The summed E-state index contributed by atoms with van der Waals surface area (Å²) in [6.07, 6.45) is 1.14. The molecule has 0 unspecified atom stereocenters. The van der Waals surface area contributed by atoms with E-state index in [2.05, 4.69) is 15.6 Å². The van der Waals surface area contributed by atoms with Gasteiger partial charge >= 0.3 is 11.9 Å². The fourth-order valence-corrected chi connectivity index (χ4v) is 4.99. The number of amides is 2. The summed E-state index contributed by atoms with van der Waals surface area (Å²) < 4.78 is 29.1. The van der Waals surface area contributed by atoms with Crippen LogP contribution in [0.1, 0.15) is 52.8 Å². The number of carbonyl (C=O) groups is 4. The summed E-state index contributed by atoms with van der Waals surface area (Å²) in [5, 5.41) is 24.8. The molecule has 1 aromatic carbocycles. The van der Waals surface area contributed by atoms with Crippen molar-refractivity contribution in [3.05, 3.63) is 30.1 Å². The number of carbonyl (C=O) groups excluding carboxylic acids is 3. The van der Waals surface area contributed by atoms with Crippen molar-refractivity contribution in [1.29, 1.82) is 0 Å². The number of nitrogen functional groups attached to an aromatic ring is 1. The summed E-state index contributed by atoms with van der Waals surface area (Å²) in [6, 6.07) is 7.64. The minimum atomic E-state index is -1.14. The number of aliphatic hydroxyl groups is 1. The molecular formula is C34H50N6O11. The Morgan fingerprint density at radius 2 is 1.53 bits per heavy atom. The molecule has 0 spiro atoms. The lowest BCUT2D eigenvalue weighted by atomic mass is 10.0. The fourth-order valence-electron chi connectivity index (χ4n) is 4.99. The summed E-state index contributed by atoms with van der Waals surface area (Å²) in [5.41, 5.74) is 6.58. The predicted octanol–water partition coefficient (Wildman–Crippen LogP) is 1.31. The Bertz CT molecular complexity index is 1620. The maximum atomic E-state index is 12.4. The highest BCUT2D eigenvalue weighted by Crippen LogP contribution is 2.30. The molecule has 0 aliphatic rings. The number of rotatable bonds is 24. The molecule has 282 valence electrons. The van der Waals surface area contributed by atoms with Crippen LogP contribution in [0.2, 0.25) is 0 Å². The molecule has 2 heterocycles. The first-order valence-electron chi connectivity index (χ1n) is 16.7. The Morgan fingerprint density at radius 3 is 2.20 bits per heavy atom. The number of hydrogen-bond donors (Lipinski definition) is 5. The summed E-state index contributed by atoms with van der Waals surface area (Å²) in [6.45, 7) is 7.72. The highest BCUT2D eigenvalue weighted by Gasteiger charge is 2.24. The Balaban J connectivity index is 1.29. The Labute approximate surface area is 296 Å². The zero-order valence-corrected chi connectivity index (χ0v) is 29.7. The molecule has 3 rings (SSSR count). The second-order valence-electron chi connectivity index (χ2n) is 13.0. The van der Waals surface area contributed by atoms with E-state index in [1.54, 1.807) is 13.8 Å². The number of nitrogens with two attached hydrogens (primary N) is 1. The second kappa shape index (κ2) is 19.8. The zero-order chi connectivity index (χ0) is 37.4. The molecule has 0 fully saturated rings. The number of para-hydroxylation sites is 1. The van der Waals surface area contributed by atoms with E-state index < -0.39 is 41.5 Å². The average Bonchev–Trinajstić information content (AvgIpc) is 3.39. The molecule has 0 bridgehead atoms. The molecule has 51 heavy (non-hydrogen) atoms. The maximum Gasteiger partial charge on any atom is 0.322 e. The summed E-state index contributed by atoms with van der Waals surface area (Å²) in [5.74, 6) is -1.60. The number of pyridine rings is 1. The number of carboxylic acid groups (broad SMARTS) is 1. The summed E-state index contributed by atoms with van der Waals surface area (Å²) in [4.78, 5) is 55.3. The van der Waals surface area contributed by atoms with Crippen LogP contribution < -0.4 is 16.4 Å². The lowest BCUT2D eigenvalue weighted by Crippen LogP contribution is -2.33. The normalized spacial score (nSPS) is 11.9. The number of aliphatic carboxylic acids is 1. The van der Waals surface area contributed by atoms with Crippen LogP contribution in [0, 0.1) is 0 Å². The van der Waals surface area contributed by atoms with Gasteiger partial charge in [-0.05, 0) is 46.6 Å². The van der Waals surface area contributed by atoms with Crippen molar-refractivity contribution in [2.45, 2.75) is 71.3 Å². The van der Waals surface area contributed by atoms with Gasteiger partial charge in [0.05, 0.1) is 56.0 Å². The van der Waals surface area contributed by atoms with Gasteiger partial charge in [0.2, 0.25) is 11.8 Å². The Hall–Kier alpha value is -4.42. The number of nitrogens with one attached hydrogen (secondary N) is 2. The van der Waals surface area contributed by atoms with Gasteiger partial charge in [-0.2, -0.15) is 0 Å². The van der Waals surface area contributed by atoms with E-state index >= 15 is 0 Å². The van der Waals surface area contributed by atoms with Crippen LogP contribution in [0.5, 0.6) is 0 Å². The Morgan fingerprint density at radius 1 is 0.882 bits per heavy atom. The monoisotopic (exact) mass is 718 g/mol. The number of hydrogen-bond acceptors (Lipinski definition) is 13. The molecule has 17 nitrogen and oxygen atoms in total. The summed E-state index contributed by atoms with van der Waals surface area (Å²) >= 11 is 0. The molecule has 3 aromatic rings. The highest BCUT2D eigenvalue weighted by molar-refractivity contribution is 6.06. The van der Waals surface area contributed by atoms with Gasteiger partial charge in [-0.1, -0.05) is 18.2 Å². The number of benzene rings is 1. The number of anilines is 1. The molecule has 0 aliphatic heterocycles. The lowest BCUT2D eigenvalue weighted by Gasteiger charge is -2.25. The van der Waals surface area contributed by atoms with Crippen LogP contribution in [0.15, 0.2) is 24.3 Å². The number of fused-ring (bicyclic) bond motifs is 3. The molecule has 6 N–H and O–H groups in total. The number of aromatic nitrogens is 3. The van der Waals surface area contributed by atoms with Crippen LogP contribution in [-0.4, -0.2) is 119 Å². The van der Waals surface area contributed by atoms with Gasteiger partial charge in [0.25, 0.3) is 0 Å². The van der Waals surface area contributed by atoms with Crippen LogP contribution in [-0.2, 0) is 56.0 Å². The minimum absolute atomic E-state index is 0.00674. The lowest BCUT2D eigenvalue weighted by molar-refractivity contribution is -0.157. The van der Waals surface area contributed by atoms with Crippen molar-refractivity contribution >= 4 is 51.5 Å². The first-order chi connectivity index (χ1) is 24.1. The van der Waals surface area contributed by atoms with Gasteiger partial charge in [0.1, 0.15) is 43.3 Å². The first kappa shape index (κ1) is 41.0. The van der Waals surface area contributed by atoms with Crippen molar-refractivity contribution in [3.8, 4) is 0 Å². The molecule has 2 aromatic heterocycles. The molecule has 17 heteroatoms. The zero-order valence-electron chi connectivity index (χ0n) is 29.7. The molecule has 0 saturated heterocycles. The third-order valence-electron chi connectivity index (χ3n) is 7.22. The standard InChI is InChI=1S/C34H50N6O11/c1-33(2,46)22-40-25(39-30-31(40)23-8-5-6-9-24(23)38-32(30)35)19-48-13-7-11-34(3,4)51-29(45)10-12-36-26(41)20-49-16-14-47-15-17-50-21-27(42)37-18-28(43)44/h5-6,8-9,46H,7,10-22H2,1-4H3,(H2,35,38)(H,36,41)(H,37,42)(H,43,44). The van der Waals surface area contributed by atoms with Crippen LogP contribution >= 0.6 is 0 Å². The molecule has 0 atom stereocenters. The maximum absolute atomic E-state index is 12.4. The largest absolute Gasteiger partial charge is 0.480 e. The molecular weight excluding hydrogens is 668 g/mol. The topological polar surface area (TPSA) is 236 Å². The molecule has 2 amide bonds. The van der Waals surface area contributed by atoms with Crippen molar-refractivity contribution in [2.24, 2.45) is 0 Å². The van der Waals surface area contributed by atoms with Gasteiger partial charge in [0, 0.05) is 18.5 Å². The van der Waals surface area contributed by atoms with Gasteiger partial charge in [0.15, 0.2) is 5.82 Å². The van der Waals surface area contributed by atoms with E-state index in [-0.39, 0.29) is 65.8 Å². The van der Waals surface area contributed by atoms with Crippen molar-refractivity contribution < 1.29 is 53.1 Å².